The second kappa shape index (κ2) is 10.6. The van der Waals surface area contributed by atoms with E-state index in [1.165, 1.54) is 25.3 Å². The van der Waals surface area contributed by atoms with Crippen molar-refractivity contribution < 1.29 is 22.7 Å². The lowest BCUT2D eigenvalue weighted by molar-refractivity contribution is 0.252. The van der Waals surface area contributed by atoms with Crippen LogP contribution in [0.15, 0.2) is 47.4 Å². The van der Waals surface area contributed by atoms with Gasteiger partial charge in [0.2, 0.25) is 0 Å². The maximum absolute atomic E-state index is 12.7. The predicted octanol–water partition coefficient (Wildman–Crippen LogP) is 3.82. The molecule has 0 unspecified atom stereocenters. The number of hydrogen-bond donors (Lipinski definition) is 3. The highest BCUT2D eigenvalue weighted by Crippen LogP contribution is 2.28. The third-order valence-corrected chi connectivity index (χ3v) is 5.34. The van der Waals surface area contributed by atoms with Crippen LogP contribution in [0.1, 0.15) is 26.7 Å². The SMILES string of the molecule is CCCCNC(=O)Nc1cc(S(=O)(=O)Nc2ccc(OCC)cc2)ccc1OC. The van der Waals surface area contributed by atoms with Crippen molar-refractivity contribution in [1.29, 1.82) is 0 Å². The molecular formula is C20H27N3O5S. The molecule has 0 atom stereocenters. The molecule has 158 valence electrons. The highest BCUT2D eigenvalue weighted by molar-refractivity contribution is 7.92. The lowest BCUT2D eigenvalue weighted by Gasteiger charge is -2.14. The first-order valence-corrected chi connectivity index (χ1v) is 10.9. The number of nitrogens with one attached hydrogen (secondary N) is 3. The van der Waals surface area contributed by atoms with Gasteiger partial charge in [0, 0.05) is 12.2 Å². The summed E-state index contributed by atoms with van der Waals surface area (Å²) in [6.45, 7) is 4.95. The number of urea groups is 1. The zero-order valence-corrected chi connectivity index (χ0v) is 17.6. The maximum atomic E-state index is 12.7. The van der Waals surface area contributed by atoms with E-state index in [-0.39, 0.29) is 10.6 Å². The molecule has 0 aromatic heterocycles. The number of carbonyl (C=O) groups excluding carboxylic acids is 1. The van der Waals surface area contributed by atoms with Crippen molar-refractivity contribution in [2.24, 2.45) is 0 Å². The summed E-state index contributed by atoms with van der Waals surface area (Å²) in [5.74, 6) is 1.01. The number of rotatable bonds is 10. The number of hydrogen-bond acceptors (Lipinski definition) is 5. The minimum Gasteiger partial charge on any atom is -0.495 e. The summed E-state index contributed by atoms with van der Waals surface area (Å²) in [6.07, 6.45) is 1.81. The maximum Gasteiger partial charge on any atom is 0.319 e. The monoisotopic (exact) mass is 421 g/mol. The summed E-state index contributed by atoms with van der Waals surface area (Å²) >= 11 is 0. The highest BCUT2D eigenvalue weighted by atomic mass is 32.2. The van der Waals surface area contributed by atoms with Crippen LogP contribution in [0.2, 0.25) is 0 Å². The van der Waals surface area contributed by atoms with Gasteiger partial charge in [-0.1, -0.05) is 13.3 Å². The van der Waals surface area contributed by atoms with E-state index < -0.39 is 16.1 Å². The first-order chi connectivity index (χ1) is 13.9. The van der Waals surface area contributed by atoms with E-state index in [9.17, 15) is 13.2 Å². The first kappa shape index (κ1) is 22.4. The number of amides is 2. The van der Waals surface area contributed by atoms with Gasteiger partial charge in [-0.2, -0.15) is 0 Å². The second-order valence-corrected chi connectivity index (χ2v) is 7.84. The average molecular weight is 422 g/mol. The Morgan fingerprint density at radius 1 is 1.07 bits per heavy atom. The zero-order chi connectivity index (χ0) is 21.3. The van der Waals surface area contributed by atoms with Crippen molar-refractivity contribution in [3.63, 3.8) is 0 Å². The number of anilines is 2. The highest BCUT2D eigenvalue weighted by Gasteiger charge is 2.18. The van der Waals surface area contributed by atoms with Crippen LogP contribution in [0.3, 0.4) is 0 Å². The Labute approximate surface area is 171 Å². The normalized spacial score (nSPS) is 10.9. The van der Waals surface area contributed by atoms with Crippen LogP contribution in [-0.2, 0) is 10.0 Å². The Hall–Kier alpha value is -2.94. The van der Waals surface area contributed by atoms with E-state index in [0.29, 0.717) is 30.3 Å². The van der Waals surface area contributed by atoms with Crippen molar-refractivity contribution >= 4 is 27.4 Å². The summed E-state index contributed by atoms with van der Waals surface area (Å²) < 4.78 is 38.6. The van der Waals surface area contributed by atoms with Crippen LogP contribution in [0.5, 0.6) is 11.5 Å². The van der Waals surface area contributed by atoms with Crippen molar-refractivity contribution in [2.75, 3.05) is 30.3 Å². The Morgan fingerprint density at radius 3 is 2.41 bits per heavy atom. The van der Waals surface area contributed by atoms with E-state index in [0.717, 1.165) is 12.8 Å². The molecule has 0 spiro atoms. The number of methoxy groups -OCH3 is 1. The topological polar surface area (TPSA) is 106 Å². The summed E-state index contributed by atoms with van der Waals surface area (Å²) in [6, 6.07) is 10.4. The lowest BCUT2D eigenvalue weighted by atomic mass is 10.3. The first-order valence-electron chi connectivity index (χ1n) is 9.38. The zero-order valence-electron chi connectivity index (χ0n) is 16.8. The van der Waals surface area contributed by atoms with Crippen molar-refractivity contribution in [3.05, 3.63) is 42.5 Å². The third kappa shape index (κ3) is 6.56. The predicted molar refractivity (Wildman–Crippen MR) is 113 cm³/mol. The minimum atomic E-state index is -3.86. The quantitative estimate of drug-likeness (QED) is 0.506. The van der Waals surface area contributed by atoms with Crippen molar-refractivity contribution in [3.8, 4) is 11.5 Å². The van der Waals surface area contributed by atoms with Crippen molar-refractivity contribution in [2.45, 2.75) is 31.6 Å². The van der Waals surface area contributed by atoms with E-state index in [1.807, 2.05) is 13.8 Å². The molecule has 0 fully saturated rings. The molecule has 0 aliphatic rings. The molecular weight excluding hydrogens is 394 g/mol. The van der Waals surface area contributed by atoms with Gasteiger partial charge in [0.15, 0.2) is 0 Å². The molecule has 0 aliphatic carbocycles. The fourth-order valence-electron chi connectivity index (χ4n) is 2.50. The number of ether oxygens (including phenoxy) is 2. The van der Waals surface area contributed by atoms with Gasteiger partial charge in [-0.15, -0.1) is 0 Å². The van der Waals surface area contributed by atoms with E-state index in [2.05, 4.69) is 15.4 Å². The van der Waals surface area contributed by atoms with Crippen LogP contribution in [0.25, 0.3) is 0 Å². The molecule has 9 heteroatoms. The standard InChI is InChI=1S/C20H27N3O5S/c1-4-6-13-21-20(24)22-18-14-17(11-12-19(18)27-3)29(25,26)23-15-7-9-16(10-8-15)28-5-2/h7-12,14,23H,4-6,13H2,1-3H3,(H2,21,22,24). The van der Waals surface area contributed by atoms with Crippen LogP contribution in [0, 0.1) is 0 Å². The summed E-state index contributed by atoms with van der Waals surface area (Å²) in [5.41, 5.74) is 0.659. The van der Waals surface area contributed by atoms with Gasteiger partial charge in [0.05, 0.1) is 24.3 Å². The fourth-order valence-corrected chi connectivity index (χ4v) is 3.58. The van der Waals surface area contributed by atoms with E-state index in [4.69, 9.17) is 9.47 Å². The molecule has 0 bridgehead atoms. The molecule has 0 radical (unpaired) electrons. The van der Waals surface area contributed by atoms with Gasteiger partial charge >= 0.3 is 6.03 Å². The van der Waals surface area contributed by atoms with Gasteiger partial charge in [-0.05, 0) is 55.8 Å². The molecule has 3 N–H and O–H groups in total. The van der Waals surface area contributed by atoms with Crippen LogP contribution in [-0.4, -0.2) is 34.7 Å². The molecule has 0 aliphatic heterocycles. The van der Waals surface area contributed by atoms with Gasteiger partial charge in [0.25, 0.3) is 10.0 Å². The molecule has 0 saturated heterocycles. The average Bonchev–Trinajstić information content (AvgIpc) is 2.69. The molecule has 8 nitrogen and oxygen atoms in total. The largest absolute Gasteiger partial charge is 0.495 e. The molecule has 29 heavy (non-hydrogen) atoms. The smallest absolute Gasteiger partial charge is 0.319 e. The molecule has 2 rings (SSSR count). The Balaban J connectivity index is 2.18. The number of sulfonamides is 1. The van der Waals surface area contributed by atoms with Gasteiger partial charge in [0.1, 0.15) is 11.5 Å². The molecule has 2 amide bonds. The Morgan fingerprint density at radius 2 is 1.79 bits per heavy atom. The summed E-state index contributed by atoms with van der Waals surface area (Å²) in [7, 11) is -2.41. The number of carbonyl (C=O) groups is 1. The van der Waals surface area contributed by atoms with Crippen molar-refractivity contribution in [1.82, 2.24) is 5.32 Å². The molecule has 0 saturated carbocycles. The Bertz CT molecular complexity index is 914. The van der Waals surface area contributed by atoms with E-state index >= 15 is 0 Å². The lowest BCUT2D eigenvalue weighted by Crippen LogP contribution is -2.29. The van der Waals surface area contributed by atoms with Crippen LogP contribution in [0.4, 0.5) is 16.2 Å². The Kier molecular flexibility index (Phi) is 8.14. The third-order valence-electron chi connectivity index (χ3n) is 3.96. The molecule has 2 aromatic carbocycles. The number of benzene rings is 2. The summed E-state index contributed by atoms with van der Waals surface area (Å²) in [5, 5.41) is 5.35. The molecule has 2 aromatic rings. The van der Waals surface area contributed by atoms with Gasteiger partial charge in [-0.3, -0.25) is 4.72 Å². The fraction of sp³-hybridized carbons (Fsp3) is 0.350. The van der Waals surface area contributed by atoms with Crippen LogP contribution < -0.4 is 24.8 Å². The second-order valence-electron chi connectivity index (χ2n) is 6.16. The van der Waals surface area contributed by atoms with Gasteiger partial charge in [-0.25, -0.2) is 13.2 Å². The van der Waals surface area contributed by atoms with Gasteiger partial charge < -0.3 is 20.1 Å². The number of unbranched alkanes of at least 4 members (excludes halogenated alkanes) is 1. The minimum absolute atomic E-state index is 0.00366. The van der Waals surface area contributed by atoms with Crippen LogP contribution >= 0.6 is 0 Å². The molecule has 0 heterocycles. The van der Waals surface area contributed by atoms with E-state index in [1.54, 1.807) is 24.3 Å². The summed E-state index contributed by atoms with van der Waals surface area (Å²) in [4.78, 5) is 12.0.